The molecule has 2 heterocycles. The number of aromatic nitrogens is 2. The predicted molar refractivity (Wildman–Crippen MR) is 150 cm³/mol. The third-order valence-corrected chi connectivity index (χ3v) is 8.39. The lowest BCUT2D eigenvalue weighted by Crippen LogP contribution is -2.41. The first-order valence-corrected chi connectivity index (χ1v) is 13.7. The quantitative estimate of drug-likeness (QED) is 0.249. The van der Waals surface area contributed by atoms with E-state index in [-0.39, 0.29) is 22.9 Å². The van der Waals surface area contributed by atoms with Gasteiger partial charge < -0.3 is 0 Å². The molecule has 1 N–H and O–H groups in total. The van der Waals surface area contributed by atoms with Crippen LogP contribution in [0.1, 0.15) is 34.7 Å². The molecule has 4 aromatic rings. The molecule has 188 valence electrons. The summed E-state index contributed by atoms with van der Waals surface area (Å²) in [6.07, 6.45) is 3.02. The molecular weight excluding hydrogens is 548 g/mol. The molecule has 2 aromatic carbocycles. The van der Waals surface area contributed by atoms with Gasteiger partial charge >= 0.3 is 0 Å². The second-order valence-corrected chi connectivity index (χ2v) is 12.5. The molecular formula is C25H27Cl4N3O2S. The third kappa shape index (κ3) is 6.56. The first-order chi connectivity index (χ1) is 16.2. The first-order valence-electron chi connectivity index (χ1n) is 10.7. The second kappa shape index (κ2) is 10.8. The Bertz CT molecular complexity index is 1510. The average molecular weight is 576 g/mol. The van der Waals surface area contributed by atoms with Crippen molar-refractivity contribution >= 4 is 78.0 Å². The van der Waals surface area contributed by atoms with Gasteiger partial charge in [0.15, 0.2) is 0 Å². The van der Waals surface area contributed by atoms with Crippen molar-refractivity contribution in [3.8, 4) is 0 Å². The Kier molecular flexibility index (Phi) is 8.57. The number of sulfonamides is 1. The van der Waals surface area contributed by atoms with Crippen LogP contribution >= 0.6 is 46.4 Å². The Balaban J connectivity index is 0.000000278. The summed E-state index contributed by atoms with van der Waals surface area (Å²) >= 11 is 24.0. The minimum Gasteiger partial charge on any atom is -0.242 e. The lowest BCUT2D eigenvalue weighted by Gasteiger charge is -2.27. The highest BCUT2D eigenvalue weighted by molar-refractivity contribution is 7.89. The Morgan fingerprint density at radius 3 is 1.83 bits per heavy atom. The van der Waals surface area contributed by atoms with E-state index in [1.807, 2.05) is 52.8 Å². The standard InChI is InChI=1S/C15H18Cl2N2O2S.C10H7Cl2N.H2/c1-9(15(2,3)4)19-22(20,21)10-5-6-11-12(7-10)14(17)18-8-13(11)16;1-6-2-3-7-8(4-6)10(12)13-5-9(7)11;/h5-9,19H,1-4H3;2-5H,1H3;1H/t9-;;/m0../s1/i;;1+1. The van der Waals surface area contributed by atoms with Gasteiger partial charge in [-0.1, -0.05) is 90.9 Å². The Morgan fingerprint density at radius 2 is 1.31 bits per heavy atom. The molecule has 0 radical (unpaired) electrons. The molecule has 0 aliphatic carbocycles. The van der Waals surface area contributed by atoms with Crippen molar-refractivity contribution in [3.05, 3.63) is 74.7 Å². The highest BCUT2D eigenvalue weighted by atomic mass is 35.5. The molecule has 35 heavy (non-hydrogen) atoms. The van der Waals surface area contributed by atoms with E-state index in [4.69, 9.17) is 46.4 Å². The van der Waals surface area contributed by atoms with E-state index in [1.165, 1.54) is 18.3 Å². The molecule has 1 atom stereocenters. The number of rotatable bonds is 3. The Hall–Kier alpha value is -1.67. The summed E-state index contributed by atoms with van der Waals surface area (Å²) in [4.78, 5) is 8.07. The van der Waals surface area contributed by atoms with Crippen molar-refractivity contribution in [1.29, 1.82) is 0 Å². The zero-order valence-electron chi connectivity index (χ0n) is 19.8. The molecule has 0 saturated heterocycles. The van der Waals surface area contributed by atoms with E-state index in [2.05, 4.69) is 14.7 Å². The summed E-state index contributed by atoms with van der Waals surface area (Å²) < 4.78 is 27.7. The summed E-state index contributed by atoms with van der Waals surface area (Å²) in [6, 6.07) is 10.4. The van der Waals surface area contributed by atoms with Crippen LogP contribution in [0, 0.1) is 12.3 Å². The Labute approximate surface area is 227 Å². The molecule has 0 amide bonds. The molecule has 5 nitrogen and oxygen atoms in total. The van der Waals surface area contributed by atoms with Crippen molar-refractivity contribution in [2.75, 3.05) is 0 Å². The van der Waals surface area contributed by atoms with Gasteiger partial charge in [-0.2, -0.15) is 0 Å². The predicted octanol–water partition coefficient (Wildman–Crippen LogP) is 8.35. The number of halogens is 4. The maximum absolute atomic E-state index is 12.5. The molecule has 4 rings (SSSR count). The average Bonchev–Trinajstić information content (AvgIpc) is 2.78. The summed E-state index contributed by atoms with van der Waals surface area (Å²) in [5, 5.41) is 4.84. The number of nitrogens with zero attached hydrogens (tertiary/aromatic N) is 2. The summed E-state index contributed by atoms with van der Waals surface area (Å²) in [7, 11) is -3.64. The van der Waals surface area contributed by atoms with Gasteiger partial charge in [0.25, 0.3) is 0 Å². The molecule has 0 bridgehead atoms. The largest absolute Gasteiger partial charge is 0.242 e. The van der Waals surface area contributed by atoms with E-state index >= 15 is 0 Å². The van der Waals surface area contributed by atoms with Crippen LogP contribution in [-0.2, 0) is 10.0 Å². The number of pyridine rings is 2. The van der Waals surface area contributed by atoms with Gasteiger partial charge in [-0.05, 0) is 37.5 Å². The normalized spacial score (nSPS) is 12.9. The number of nitrogens with one attached hydrogen (secondary N) is 1. The molecule has 0 aliphatic heterocycles. The van der Waals surface area contributed by atoms with Crippen LogP contribution in [0.2, 0.25) is 20.4 Å². The van der Waals surface area contributed by atoms with E-state index < -0.39 is 10.0 Å². The topological polar surface area (TPSA) is 72.0 Å². The molecule has 10 heteroatoms. The molecule has 0 unspecified atom stereocenters. The van der Waals surface area contributed by atoms with Crippen molar-refractivity contribution in [3.63, 3.8) is 0 Å². The van der Waals surface area contributed by atoms with Gasteiger partial charge in [0, 0.05) is 41.4 Å². The van der Waals surface area contributed by atoms with Crippen LogP contribution in [-0.4, -0.2) is 24.4 Å². The van der Waals surface area contributed by atoms with Gasteiger partial charge in [0.05, 0.1) is 14.9 Å². The van der Waals surface area contributed by atoms with Crippen LogP contribution in [0.25, 0.3) is 21.5 Å². The number of aryl methyl sites for hydroxylation is 1. The highest BCUT2D eigenvalue weighted by Crippen LogP contribution is 2.30. The van der Waals surface area contributed by atoms with Gasteiger partial charge in [0.2, 0.25) is 10.0 Å². The lowest BCUT2D eigenvalue weighted by atomic mass is 9.89. The van der Waals surface area contributed by atoms with Gasteiger partial charge in [-0.25, -0.2) is 23.1 Å². The van der Waals surface area contributed by atoms with E-state index in [9.17, 15) is 8.42 Å². The molecule has 0 saturated carbocycles. The van der Waals surface area contributed by atoms with Crippen LogP contribution in [0.5, 0.6) is 0 Å². The highest BCUT2D eigenvalue weighted by Gasteiger charge is 2.26. The van der Waals surface area contributed by atoms with Crippen molar-refractivity contribution < 1.29 is 9.84 Å². The van der Waals surface area contributed by atoms with Crippen LogP contribution in [0.4, 0.5) is 0 Å². The monoisotopic (exact) mass is 574 g/mol. The fraction of sp³-hybridized carbons (Fsp3) is 0.280. The minimum absolute atomic E-state index is 0. The molecule has 0 spiro atoms. The molecule has 0 aliphatic rings. The fourth-order valence-electron chi connectivity index (χ4n) is 3.09. The zero-order chi connectivity index (χ0) is 26.1. The van der Waals surface area contributed by atoms with Crippen molar-refractivity contribution in [2.24, 2.45) is 5.41 Å². The summed E-state index contributed by atoms with van der Waals surface area (Å²) in [5.74, 6) is 0. The van der Waals surface area contributed by atoms with Crippen molar-refractivity contribution in [1.82, 2.24) is 14.7 Å². The molecule has 0 fully saturated rings. The summed E-state index contributed by atoms with van der Waals surface area (Å²) in [6.45, 7) is 9.77. The van der Waals surface area contributed by atoms with Gasteiger partial charge in [0.1, 0.15) is 10.3 Å². The second-order valence-electron chi connectivity index (χ2n) is 9.26. The summed E-state index contributed by atoms with van der Waals surface area (Å²) in [5.41, 5.74) is 0.963. The first kappa shape index (κ1) is 27.9. The number of benzene rings is 2. The van der Waals surface area contributed by atoms with E-state index in [0.717, 1.165) is 16.3 Å². The lowest BCUT2D eigenvalue weighted by molar-refractivity contribution is 0.317. The van der Waals surface area contributed by atoms with Crippen molar-refractivity contribution in [2.45, 2.75) is 45.6 Å². The van der Waals surface area contributed by atoms with Crippen LogP contribution in [0.3, 0.4) is 0 Å². The minimum atomic E-state index is -3.64. The van der Waals surface area contributed by atoms with Gasteiger partial charge in [-0.15, -0.1) is 0 Å². The number of hydrogen-bond acceptors (Lipinski definition) is 4. The maximum atomic E-state index is 12.5. The van der Waals surface area contributed by atoms with Gasteiger partial charge in [-0.3, -0.25) is 0 Å². The number of fused-ring (bicyclic) bond motifs is 2. The maximum Gasteiger partial charge on any atom is 0.240 e. The van der Waals surface area contributed by atoms with Crippen LogP contribution < -0.4 is 4.72 Å². The number of hydrogen-bond donors (Lipinski definition) is 1. The Morgan fingerprint density at radius 1 is 0.829 bits per heavy atom. The SMILES string of the molecule is C[C@H](NS(=O)(=O)c1ccc2c(Cl)cnc(Cl)c2c1)C(C)(C)C.Cc1ccc2c(Cl)cnc(Cl)c2c1.[2HH]. The van der Waals surface area contributed by atoms with E-state index in [0.29, 0.717) is 26.0 Å². The third-order valence-electron chi connectivity index (χ3n) is 5.65. The fourth-order valence-corrected chi connectivity index (χ4v) is 5.40. The van der Waals surface area contributed by atoms with E-state index in [1.54, 1.807) is 12.3 Å². The smallest absolute Gasteiger partial charge is 0.240 e. The zero-order valence-corrected chi connectivity index (χ0v) is 23.7. The van der Waals surface area contributed by atoms with Crippen LogP contribution in [0.15, 0.2) is 53.7 Å². The molecule has 2 aromatic heterocycles.